The monoisotopic (exact) mass is 579 g/mol. The van der Waals surface area contributed by atoms with Crippen LogP contribution in [-0.2, 0) is 26.2 Å². The molecule has 0 bridgehead atoms. The van der Waals surface area contributed by atoms with Crippen LogP contribution in [0.4, 0.5) is 0 Å². The molecule has 214 valence electrons. The third-order valence-corrected chi connectivity index (χ3v) is 8.38. The van der Waals surface area contributed by atoms with Gasteiger partial charge in [0.05, 0.1) is 11.4 Å². The van der Waals surface area contributed by atoms with E-state index < -0.39 is 0 Å². The molecule has 0 amide bonds. The molecule has 0 radical (unpaired) electrons. The van der Waals surface area contributed by atoms with E-state index >= 15 is 0 Å². The average Bonchev–Trinajstić information content (AvgIpc) is 3.83. The first kappa shape index (κ1) is 26.6. The van der Waals surface area contributed by atoms with E-state index in [9.17, 15) is 0 Å². The maximum atomic E-state index is 5.71. The lowest BCUT2D eigenvalue weighted by atomic mass is 10.1. The molecule has 0 aliphatic carbocycles. The first-order valence-corrected chi connectivity index (χ1v) is 15.4. The van der Waals surface area contributed by atoms with Crippen LogP contribution in [0.1, 0.15) is 36.6 Å². The predicted octanol–water partition coefficient (Wildman–Crippen LogP) is 7.74. The summed E-state index contributed by atoms with van der Waals surface area (Å²) < 4.78 is 25.0. The molecular formula is C34H33N3O4S. The molecule has 2 aliphatic rings. The Hall–Kier alpha value is -4.27. The van der Waals surface area contributed by atoms with Crippen molar-refractivity contribution >= 4 is 11.3 Å². The van der Waals surface area contributed by atoms with Crippen molar-refractivity contribution in [2.75, 3.05) is 13.6 Å². The van der Waals surface area contributed by atoms with Crippen LogP contribution in [0.3, 0.4) is 0 Å². The van der Waals surface area contributed by atoms with E-state index in [0.29, 0.717) is 0 Å². The second-order valence-corrected chi connectivity index (χ2v) is 11.4. The topological polar surface area (TPSA) is 58.0 Å². The van der Waals surface area contributed by atoms with E-state index in [2.05, 4.69) is 87.8 Å². The largest absolute Gasteiger partial charge is 0.454 e. The Kier molecular flexibility index (Phi) is 7.55. The number of hydrogen-bond donors (Lipinski definition) is 0. The minimum Gasteiger partial charge on any atom is -0.454 e. The number of hydrogen-bond acceptors (Lipinski definition) is 7. The Balaban J connectivity index is 1.30. The highest BCUT2D eigenvalue weighted by atomic mass is 32.1. The van der Waals surface area contributed by atoms with Gasteiger partial charge in [0, 0.05) is 42.7 Å². The van der Waals surface area contributed by atoms with Gasteiger partial charge in [0.1, 0.15) is 5.82 Å². The van der Waals surface area contributed by atoms with Gasteiger partial charge in [-0.3, -0.25) is 4.90 Å². The quantitative estimate of drug-likeness (QED) is 0.160. The molecule has 0 saturated heterocycles. The molecule has 7 nitrogen and oxygen atoms in total. The van der Waals surface area contributed by atoms with Crippen LogP contribution in [0.25, 0.3) is 22.6 Å². The van der Waals surface area contributed by atoms with Crippen molar-refractivity contribution in [3.8, 4) is 45.6 Å². The molecule has 2 aliphatic heterocycles. The second kappa shape index (κ2) is 11.9. The minimum absolute atomic E-state index is 0.266. The number of aromatic nitrogens is 2. The number of nitrogens with zero attached hydrogens (tertiary/aromatic N) is 3. The van der Waals surface area contributed by atoms with Gasteiger partial charge in [0.25, 0.3) is 0 Å². The number of thiophene rings is 1. The lowest BCUT2D eigenvalue weighted by Crippen LogP contribution is -2.24. The molecule has 8 heteroatoms. The van der Waals surface area contributed by atoms with Crippen LogP contribution in [0.5, 0.6) is 23.0 Å². The van der Waals surface area contributed by atoms with Gasteiger partial charge in [-0.25, -0.2) is 4.98 Å². The summed E-state index contributed by atoms with van der Waals surface area (Å²) in [5.74, 6) is 4.21. The van der Waals surface area contributed by atoms with E-state index in [0.717, 1.165) is 84.7 Å². The number of benzene rings is 3. The summed E-state index contributed by atoms with van der Waals surface area (Å²) in [6.45, 7) is 5.86. The van der Waals surface area contributed by atoms with Crippen molar-refractivity contribution in [2.45, 2.75) is 45.9 Å². The Morgan fingerprint density at radius 3 is 2.05 bits per heavy atom. The van der Waals surface area contributed by atoms with E-state index in [1.165, 1.54) is 16.8 Å². The Morgan fingerprint density at radius 1 is 0.762 bits per heavy atom. The van der Waals surface area contributed by atoms with Crippen molar-refractivity contribution in [2.24, 2.45) is 0 Å². The van der Waals surface area contributed by atoms with Crippen LogP contribution in [0.15, 0.2) is 83.6 Å². The third-order valence-electron chi connectivity index (χ3n) is 7.69. The summed E-state index contributed by atoms with van der Waals surface area (Å²) in [5, 5.41) is 4.33. The minimum atomic E-state index is 0.266. The summed E-state index contributed by atoms with van der Waals surface area (Å²) in [5.41, 5.74) is 6.90. The van der Waals surface area contributed by atoms with Crippen LogP contribution in [0.2, 0.25) is 0 Å². The Bertz CT molecular complexity index is 1610. The maximum Gasteiger partial charge on any atom is 0.231 e. The summed E-state index contributed by atoms with van der Waals surface area (Å²) in [7, 11) is 0. The van der Waals surface area contributed by atoms with Crippen molar-refractivity contribution in [3.63, 3.8) is 0 Å². The van der Waals surface area contributed by atoms with E-state index in [4.69, 9.17) is 23.9 Å². The standard InChI is InChI=1S/C34H33N3O4S/c1-2-3-14-37-28(33(27-13-15-42-21-27)35-34(37)26-7-5-4-6-8-26)20-36(18-24-9-11-29-31(16-24)40-22-38-29)19-25-10-12-30-32(17-25)41-23-39-30/h4-13,15-17,21H,2-3,14,18-20,22-23H2,1H3. The SMILES string of the molecule is CCCCn1c(-c2ccccc2)nc(-c2ccsc2)c1CN(Cc1ccc2c(c1)OCO2)Cc1ccc2c(c1)OCO2. The van der Waals surface area contributed by atoms with Crippen molar-refractivity contribution < 1.29 is 18.9 Å². The fourth-order valence-corrected chi connectivity index (χ4v) is 6.26. The molecule has 42 heavy (non-hydrogen) atoms. The molecule has 0 N–H and O–H groups in total. The van der Waals surface area contributed by atoms with Gasteiger partial charge >= 0.3 is 0 Å². The smallest absolute Gasteiger partial charge is 0.231 e. The van der Waals surface area contributed by atoms with E-state index in [-0.39, 0.29) is 13.6 Å². The molecule has 4 heterocycles. The fourth-order valence-electron chi connectivity index (χ4n) is 5.62. The van der Waals surface area contributed by atoms with Gasteiger partial charge in [-0.1, -0.05) is 55.8 Å². The highest BCUT2D eigenvalue weighted by molar-refractivity contribution is 7.08. The highest BCUT2D eigenvalue weighted by Gasteiger charge is 2.24. The molecule has 2 aromatic heterocycles. The number of ether oxygens (including phenoxy) is 4. The third kappa shape index (κ3) is 5.47. The van der Waals surface area contributed by atoms with Gasteiger partial charge in [0.2, 0.25) is 13.6 Å². The lowest BCUT2D eigenvalue weighted by molar-refractivity contribution is 0.173. The zero-order valence-corrected chi connectivity index (χ0v) is 24.4. The first-order valence-electron chi connectivity index (χ1n) is 14.4. The van der Waals surface area contributed by atoms with Gasteiger partial charge in [-0.2, -0.15) is 11.3 Å². The zero-order chi connectivity index (χ0) is 28.3. The number of fused-ring (bicyclic) bond motifs is 2. The van der Waals surface area contributed by atoms with Crippen LogP contribution < -0.4 is 18.9 Å². The second-order valence-electron chi connectivity index (χ2n) is 10.6. The maximum absolute atomic E-state index is 5.71. The predicted molar refractivity (Wildman–Crippen MR) is 164 cm³/mol. The molecule has 0 saturated carbocycles. The molecule has 5 aromatic rings. The summed E-state index contributed by atoms with van der Waals surface area (Å²) in [4.78, 5) is 7.78. The van der Waals surface area contributed by atoms with Crippen molar-refractivity contribution in [1.82, 2.24) is 14.5 Å². The van der Waals surface area contributed by atoms with Gasteiger partial charge in [0.15, 0.2) is 23.0 Å². The number of unbranched alkanes of at least 4 members (excludes halogenated alkanes) is 1. The van der Waals surface area contributed by atoms with Crippen LogP contribution in [-0.4, -0.2) is 28.0 Å². The summed E-state index contributed by atoms with van der Waals surface area (Å²) >= 11 is 1.70. The first-order chi connectivity index (χ1) is 20.7. The zero-order valence-electron chi connectivity index (χ0n) is 23.6. The number of rotatable bonds is 11. The molecular weight excluding hydrogens is 546 g/mol. The fraction of sp³-hybridized carbons (Fsp3) is 0.265. The molecule has 3 aromatic carbocycles. The van der Waals surface area contributed by atoms with Crippen molar-refractivity contribution in [1.29, 1.82) is 0 Å². The molecule has 7 rings (SSSR count). The van der Waals surface area contributed by atoms with Gasteiger partial charge < -0.3 is 23.5 Å². The van der Waals surface area contributed by atoms with Crippen LogP contribution >= 0.6 is 11.3 Å². The average molecular weight is 580 g/mol. The molecule has 0 atom stereocenters. The van der Waals surface area contributed by atoms with Gasteiger partial charge in [-0.15, -0.1) is 0 Å². The number of imidazole rings is 1. The summed E-state index contributed by atoms with van der Waals surface area (Å²) in [6, 6.07) is 25.2. The molecule has 0 spiro atoms. The summed E-state index contributed by atoms with van der Waals surface area (Å²) in [6.07, 6.45) is 2.19. The van der Waals surface area contributed by atoms with Crippen molar-refractivity contribution in [3.05, 3.63) is 100 Å². The van der Waals surface area contributed by atoms with E-state index in [1.54, 1.807) is 11.3 Å². The van der Waals surface area contributed by atoms with E-state index in [1.807, 2.05) is 12.1 Å². The Labute approximate surface area is 249 Å². The Morgan fingerprint density at radius 2 is 1.43 bits per heavy atom. The highest BCUT2D eigenvalue weighted by Crippen LogP contribution is 2.36. The lowest BCUT2D eigenvalue weighted by Gasteiger charge is -2.25. The van der Waals surface area contributed by atoms with Gasteiger partial charge in [-0.05, 0) is 53.3 Å². The molecule has 0 unspecified atom stereocenters. The normalized spacial score (nSPS) is 13.3. The molecule has 0 fully saturated rings. The van der Waals surface area contributed by atoms with Crippen LogP contribution in [0, 0.1) is 0 Å².